The van der Waals surface area contributed by atoms with E-state index in [1.807, 2.05) is 46.3 Å². The van der Waals surface area contributed by atoms with E-state index in [1.165, 1.54) is 0 Å². The molecule has 1 aliphatic heterocycles. The van der Waals surface area contributed by atoms with E-state index in [2.05, 4.69) is 11.9 Å². The number of piperidine rings is 1. The number of alkyl halides is 3. The first kappa shape index (κ1) is 32.5. The monoisotopic (exact) mass is 523 g/mol. The second-order valence-electron chi connectivity index (χ2n) is 9.29. The minimum atomic E-state index is -4.24. The number of carbonyl (C=O) groups is 2. The molecule has 1 aromatic carbocycles. The second-order valence-corrected chi connectivity index (χ2v) is 9.29. The van der Waals surface area contributed by atoms with Gasteiger partial charge in [-0.1, -0.05) is 52.3 Å². The lowest BCUT2D eigenvalue weighted by Crippen LogP contribution is -2.34. The molecule has 1 amide bonds. The largest absolute Gasteiger partial charge is 0.389 e. The van der Waals surface area contributed by atoms with E-state index in [-0.39, 0.29) is 17.7 Å². The van der Waals surface area contributed by atoms with Gasteiger partial charge in [0.25, 0.3) is 5.91 Å². The Labute approximate surface area is 220 Å². The van der Waals surface area contributed by atoms with Crippen molar-refractivity contribution < 1.29 is 22.8 Å². The number of nitrogens with zero attached hydrogens (tertiary/aromatic N) is 3. The molecule has 0 aromatic heterocycles. The Morgan fingerprint density at radius 2 is 1.78 bits per heavy atom. The van der Waals surface area contributed by atoms with Crippen LogP contribution in [-0.2, 0) is 11.2 Å². The van der Waals surface area contributed by atoms with Gasteiger partial charge in [-0.25, -0.2) is 4.99 Å². The molecule has 1 aromatic rings. The Morgan fingerprint density at radius 1 is 1.16 bits per heavy atom. The van der Waals surface area contributed by atoms with Crippen LogP contribution in [-0.4, -0.2) is 55.5 Å². The molecular weight excluding hydrogens is 479 g/mol. The number of likely N-dealkylation sites (tertiary alicyclic amines) is 1. The van der Waals surface area contributed by atoms with Crippen LogP contribution in [0.25, 0.3) is 0 Å². The molecule has 0 bridgehead atoms. The number of carbonyl (C=O) groups excluding carboxylic acids is 2. The van der Waals surface area contributed by atoms with Gasteiger partial charge in [-0.2, -0.15) is 13.2 Å². The van der Waals surface area contributed by atoms with E-state index in [4.69, 9.17) is 9.79 Å². The van der Waals surface area contributed by atoms with Crippen LogP contribution in [0.15, 0.2) is 28.2 Å². The number of amides is 1. The molecule has 8 heteroatoms. The average molecular weight is 524 g/mol. The standard InChI is InChI=1S/C24H30F3N3O.2C2H6.CH2O/c1-4-20(29-21(28-3)17-7-8-17)23-12-18(23)13-30(14-23)22(31)19-11-15(2)5-6-16(19)9-10-24(25,26)27;3*1-2/h5-6,11,17-18H,4,7-10,12-14H2,1-3H3;2*1-2H3;1H2. The first-order valence-corrected chi connectivity index (χ1v) is 13.5. The molecule has 1 saturated heterocycles. The highest BCUT2D eigenvalue weighted by molar-refractivity contribution is 6.05. The first-order valence-electron chi connectivity index (χ1n) is 13.5. The molecule has 2 saturated carbocycles. The quantitative estimate of drug-likeness (QED) is 0.295. The third kappa shape index (κ3) is 8.24. The molecule has 5 nitrogen and oxygen atoms in total. The lowest BCUT2D eigenvalue weighted by atomic mass is 9.96. The molecule has 0 radical (unpaired) electrons. The molecular formula is C29H44F3N3O2. The lowest BCUT2D eigenvalue weighted by molar-refractivity contribution is -0.134. The van der Waals surface area contributed by atoms with Crippen LogP contribution in [0.3, 0.4) is 0 Å². The summed E-state index contributed by atoms with van der Waals surface area (Å²) in [4.78, 5) is 32.5. The SMILES string of the molecule is C=O.CC.CC.CCC(=NC(=NC)C1CC1)C12CC1CN(C(=O)c1cc(C)ccc1CCC(F)(F)F)C2. The Hall–Kier alpha value is -2.51. The Bertz CT molecular complexity index is 954. The van der Waals surface area contributed by atoms with Gasteiger partial charge in [0.15, 0.2) is 0 Å². The summed E-state index contributed by atoms with van der Waals surface area (Å²) in [7, 11) is 1.79. The number of aliphatic imine (C=N–C) groups is 2. The predicted molar refractivity (Wildman–Crippen MR) is 146 cm³/mol. The number of benzene rings is 1. The highest BCUT2D eigenvalue weighted by Crippen LogP contribution is 2.59. The summed E-state index contributed by atoms with van der Waals surface area (Å²) >= 11 is 0. The molecule has 208 valence electrons. The van der Waals surface area contributed by atoms with Crippen LogP contribution in [0.1, 0.15) is 88.2 Å². The van der Waals surface area contributed by atoms with Crippen LogP contribution in [0.2, 0.25) is 0 Å². The molecule has 0 spiro atoms. The number of halogens is 3. The predicted octanol–water partition coefficient (Wildman–Crippen LogP) is 7.11. The topological polar surface area (TPSA) is 62.1 Å². The second kappa shape index (κ2) is 14.4. The van der Waals surface area contributed by atoms with Gasteiger partial charge in [-0.15, -0.1) is 0 Å². The third-order valence-electron chi connectivity index (χ3n) is 6.94. The van der Waals surface area contributed by atoms with Crippen molar-refractivity contribution in [2.75, 3.05) is 20.1 Å². The Morgan fingerprint density at radius 3 is 2.30 bits per heavy atom. The van der Waals surface area contributed by atoms with Crippen LogP contribution in [0.5, 0.6) is 0 Å². The molecule has 4 rings (SSSR count). The van der Waals surface area contributed by atoms with Crippen LogP contribution in [0, 0.1) is 24.2 Å². The van der Waals surface area contributed by atoms with Crippen molar-refractivity contribution >= 4 is 24.2 Å². The smallest absolute Gasteiger partial charge is 0.337 e. The number of aryl methyl sites for hydroxylation is 2. The van der Waals surface area contributed by atoms with Crippen LogP contribution < -0.4 is 0 Å². The van der Waals surface area contributed by atoms with Gasteiger partial charge in [0, 0.05) is 49.2 Å². The van der Waals surface area contributed by atoms with Crippen molar-refractivity contribution in [2.24, 2.45) is 27.2 Å². The van der Waals surface area contributed by atoms with Gasteiger partial charge in [-0.05, 0) is 56.6 Å². The van der Waals surface area contributed by atoms with E-state index in [0.29, 0.717) is 36.1 Å². The van der Waals surface area contributed by atoms with E-state index in [9.17, 15) is 18.0 Å². The van der Waals surface area contributed by atoms with Crippen molar-refractivity contribution in [3.05, 3.63) is 34.9 Å². The highest BCUT2D eigenvalue weighted by atomic mass is 19.4. The van der Waals surface area contributed by atoms with Crippen LogP contribution in [0.4, 0.5) is 13.2 Å². The summed E-state index contributed by atoms with van der Waals surface area (Å²) in [5.74, 6) is 1.63. The number of amidine groups is 1. The van der Waals surface area contributed by atoms with Crippen molar-refractivity contribution in [1.29, 1.82) is 0 Å². The fourth-order valence-corrected chi connectivity index (χ4v) is 4.98. The molecule has 2 atom stereocenters. The highest BCUT2D eigenvalue weighted by Gasteiger charge is 2.63. The normalized spacial score (nSPS) is 22.4. The maximum absolute atomic E-state index is 13.3. The van der Waals surface area contributed by atoms with Crippen molar-refractivity contribution in [3.8, 4) is 0 Å². The van der Waals surface area contributed by atoms with E-state index < -0.39 is 12.6 Å². The Kier molecular flexibility index (Phi) is 12.7. The van der Waals surface area contributed by atoms with Crippen molar-refractivity contribution in [3.63, 3.8) is 0 Å². The van der Waals surface area contributed by atoms with E-state index in [1.54, 1.807) is 25.2 Å². The lowest BCUT2D eigenvalue weighted by Gasteiger charge is -2.23. The molecule has 37 heavy (non-hydrogen) atoms. The average Bonchev–Trinajstić information content (AvgIpc) is 3.84. The van der Waals surface area contributed by atoms with Crippen molar-refractivity contribution in [2.45, 2.75) is 86.2 Å². The fourth-order valence-electron chi connectivity index (χ4n) is 4.98. The fraction of sp³-hybridized carbons (Fsp3) is 0.655. The molecule has 3 fully saturated rings. The number of rotatable bonds is 6. The summed E-state index contributed by atoms with van der Waals surface area (Å²) in [6.45, 7) is 15.2. The van der Waals surface area contributed by atoms with Gasteiger partial charge in [0.05, 0.1) is 0 Å². The van der Waals surface area contributed by atoms with Crippen LogP contribution >= 0.6 is 0 Å². The van der Waals surface area contributed by atoms with Gasteiger partial charge < -0.3 is 9.69 Å². The molecule has 3 aliphatic rings. The minimum Gasteiger partial charge on any atom is -0.337 e. The zero-order valence-corrected chi connectivity index (χ0v) is 23.5. The summed E-state index contributed by atoms with van der Waals surface area (Å²) in [6.07, 6.45) is -1.20. The maximum atomic E-state index is 13.3. The number of hydrogen-bond acceptors (Lipinski definition) is 3. The van der Waals surface area contributed by atoms with Gasteiger partial charge in [-0.3, -0.25) is 9.79 Å². The molecule has 1 heterocycles. The van der Waals surface area contributed by atoms with Gasteiger partial charge in [0.1, 0.15) is 12.6 Å². The zero-order valence-electron chi connectivity index (χ0n) is 23.5. The number of fused-ring (bicyclic) bond motifs is 1. The summed E-state index contributed by atoms with van der Waals surface area (Å²) in [5, 5.41) is 0. The first-order chi connectivity index (χ1) is 17.7. The summed E-state index contributed by atoms with van der Waals surface area (Å²) < 4.78 is 38.3. The Balaban J connectivity index is 0.00000106. The molecule has 0 N–H and O–H groups in total. The zero-order chi connectivity index (χ0) is 28.4. The third-order valence-corrected chi connectivity index (χ3v) is 6.94. The molecule has 2 aliphatic carbocycles. The maximum Gasteiger partial charge on any atom is 0.389 e. The van der Waals surface area contributed by atoms with E-state index in [0.717, 1.165) is 42.8 Å². The van der Waals surface area contributed by atoms with Gasteiger partial charge >= 0.3 is 6.18 Å². The minimum absolute atomic E-state index is 0.0782. The number of hydrogen-bond donors (Lipinski definition) is 0. The summed E-state index contributed by atoms with van der Waals surface area (Å²) in [6, 6.07) is 5.17. The van der Waals surface area contributed by atoms with Gasteiger partial charge in [0.2, 0.25) is 0 Å². The molecule has 2 unspecified atom stereocenters. The summed E-state index contributed by atoms with van der Waals surface area (Å²) in [5.41, 5.74) is 2.81. The van der Waals surface area contributed by atoms with E-state index >= 15 is 0 Å². The van der Waals surface area contributed by atoms with Crippen molar-refractivity contribution in [1.82, 2.24) is 4.90 Å².